The van der Waals surface area contributed by atoms with Crippen molar-refractivity contribution in [2.45, 2.75) is 25.1 Å². The van der Waals surface area contributed by atoms with Gasteiger partial charge >= 0.3 is 6.18 Å². The van der Waals surface area contributed by atoms with Gasteiger partial charge in [0, 0.05) is 24.7 Å². The summed E-state index contributed by atoms with van der Waals surface area (Å²) < 4.78 is 39.1. The van der Waals surface area contributed by atoms with E-state index in [2.05, 4.69) is 32.3 Å². The van der Waals surface area contributed by atoms with Crippen molar-refractivity contribution in [3.8, 4) is 0 Å². The number of halogens is 3. The zero-order valence-electron chi connectivity index (χ0n) is 13.5. The number of anilines is 1. The average Bonchev–Trinajstić information content (AvgIpc) is 3.03. The molecule has 2 aromatic rings. The number of nitrogens with one attached hydrogen (secondary N) is 1. The molecule has 1 saturated heterocycles. The fraction of sp³-hybridized carbons (Fsp3) is 0.467. The summed E-state index contributed by atoms with van der Waals surface area (Å²) in [6.45, 7) is 1.96. The van der Waals surface area contributed by atoms with E-state index in [-0.39, 0.29) is 11.6 Å². The SMILES string of the molecule is CN1CCC(n2ccc(NC(=O)c3cnc(C(F)(F)F)nc3)n2)CC1. The summed E-state index contributed by atoms with van der Waals surface area (Å²) in [7, 11) is 2.07. The van der Waals surface area contributed by atoms with Gasteiger partial charge in [0.15, 0.2) is 5.82 Å². The maximum absolute atomic E-state index is 12.4. The molecule has 3 rings (SSSR count). The van der Waals surface area contributed by atoms with Gasteiger partial charge in [0.2, 0.25) is 5.82 Å². The van der Waals surface area contributed by atoms with Crippen molar-refractivity contribution in [2.75, 3.05) is 25.5 Å². The first-order chi connectivity index (χ1) is 11.8. The van der Waals surface area contributed by atoms with Crippen molar-refractivity contribution in [1.29, 1.82) is 0 Å². The lowest BCUT2D eigenvalue weighted by Gasteiger charge is -2.28. The number of carbonyl (C=O) groups excluding carboxylic acids is 1. The molecule has 3 heterocycles. The maximum atomic E-state index is 12.4. The molecule has 1 amide bonds. The number of piperidine rings is 1. The molecule has 7 nitrogen and oxygen atoms in total. The minimum absolute atomic E-state index is 0.0677. The fourth-order valence-electron chi connectivity index (χ4n) is 2.65. The summed E-state index contributed by atoms with van der Waals surface area (Å²) in [4.78, 5) is 20.7. The lowest BCUT2D eigenvalue weighted by atomic mass is 10.1. The molecular formula is C15H17F3N6O. The van der Waals surface area contributed by atoms with Crippen LogP contribution in [0.5, 0.6) is 0 Å². The van der Waals surface area contributed by atoms with Crippen molar-refractivity contribution in [1.82, 2.24) is 24.6 Å². The lowest BCUT2D eigenvalue weighted by molar-refractivity contribution is -0.145. The first-order valence-electron chi connectivity index (χ1n) is 7.77. The molecular weight excluding hydrogens is 337 g/mol. The van der Waals surface area contributed by atoms with E-state index in [0.717, 1.165) is 38.3 Å². The van der Waals surface area contributed by atoms with Crippen LogP contribution in [0.3, 0.4) is 0 Å². The van der Waals surface area contributed by atoms with Gasteiger partial charge in [-0.3, -0.25) is 9.48 Å². The molecule has 1 fully saturated rings. The lowest BCUT2D eigenvalue weighted by Crippen LogP contribution is -2.31. The quantitative estimate of drug-likeness (QED) is 0.915. The molecule has 0 atom stereocenters. The van der Waals surface area contributed by atoms with Gasteiger partial charge in [-0.2, -0.15) is 18.3 Å². The highest BCUT2D eigenvalue weighted by Gasteiger charge is 2.34. The second kappa shape index (κ2) is 6.79. The first-order valence-corrected chi connectivity index (χ1v) is 7.77. The standard InChI is InChI=1S/C15H17F3N6O/c1-23-5-2-11(3-6-23)24-7-4-12(22-24)21-13(25)10-8-19-14(20-9-10)15(16,17)18/h4,7-9,11H,2-3,5-6H2,1H3,(H,21,22,25). The van der Waals surface area contributed by atoms with Crippen molar-refractivity contribution < 1.29 is 18.0 Å². The number of rotatable bonds is 3. The minimum Gasteiger partial charge on any atom is -0.306 e. The van der Waals surface area contributed by atoms with E-state index in [9.17, 15) is 18.0 Å². The van der Waals surface area contributed by atoms with Gasteiger partial charge < -0.3 is 10.2 Å². The van der Waals surface area contributed by atoms with E-state index < -0.39 is 17.9 Å². The molecule has 10 heteroatoms. The molecule has 2 aromatic heterocycles. The van der Waals surface area contributed by atoms with Crippen LogP contribution in [0.4, 0.5) is 19.0 Å². The third kappa shape index (κ3) is 4.13. The van der Waals surface area contributed by atoms with Crippen molar-refractivity contribution in [3.63, 3.8) is 0 Å². The van der Waals surface area contributed by atoms with Gasteiger partial charge in [0.05, 0.1) is 11.6 Å². The summed E-state index contributed by atoms with van der Waals surface area (Å²) in [5, 5.41) is 6.87. The Balaban J connectivity index is 1.63. The Morgan fingerprint density at radius 1 is 1.24 bits per heavy atom. The second-order valence-electron chi connectivity index (χ2n) is 5.96. The van der Waals surface area contributed by atoms with Gasteiger partial charge in [0.25, 0.3) is 5.91 Å². The molecule has 0 spiro atoms. The van der Waals surface area contributed by atoms with Crippen LogP contribution in [0.15, 0.2) is 24.7 Å². The van der Waals surface area contributed by atoms with Crippen LogP contribution in [0.25, 0.3) is 0 Å². The van der Waals surface area contributed by atoms with Crippen LogP contribution in [0, 0.1) is 0 Å². The van der Waals surface area contributed by atoms with E-state index in [1.165, 1.54) is 0 Å². The Morgan fingerprint density at radius 3 is 2.48 bits per heavy atom. The summed E-state index contributed by atoms with van der Waals surface area (Å²) >= 11 is 0. The first kappa shape index (κ1) is 17.3. The molecule has 134 valence electrons. The number of likely N-dealkylation sites (tertiary alicyclic amines) is 1. The van der Waals surface area contributed by atoms with Crippen LogP contribution < -0.4 is 5.32 Å². The van der Waals surface area contributed by atoms with E-state index in [0.29, 0.717) is 5.82 Å². The van der Waals surface area contributed by atoms with Crippen LogP contribution >= 0.6 is 0 Å². The van der Waals surface area contributed by atoms with Gasteiger partial charge in [-0.15, -0.1) is 0 Å². The average molecular weight is 354 g/mol. The predicted molar refractivity (Wildman–Crippen MR) is 83.0 cm³/mol. The molecule has 0 bridgehead atoms. The molecule has 0 radical (unpaired) electrons. The topological polar surface area (TPSA) is 75.9 Å². The molecule has 25 heavy (non-hydrogen) atoms. The van der Waals surface area contributed by atoms with E-state index in [4.69, 9.17) is 0 Å². The third-order valence-corrected chi connectivity index (χ3v) is 4.08. The number of aromatic nitrogens is 4. The predicted octanol–water partition coefficient (Wildman–Crippen LogP) is 2.21. The number of amides is 1. The van der Waals surface area contributed by atoms with Crippen LogP contribution in [0.2, 0.25) is 0 Å². The summed E-state index contributed by atoms with van der Waals surface area (Å²) in [6.07, 6.45) is 0.783. The number of nitrogens with zero attached hydrogens (tertiary/aromatic N) is 5. The molecule has 1 N–H and O–H groups in total. The van der Waals surface area contributed by atoms with Gasteiger partial charge in [-0.05, 0) is 33.0 Å². The van der Waals surface area contributed by atoms with Crippen LogP contribution in [-0.4, -0.2) is 50.7 Å². The Kier molecular flexibility index (Phi) is 4.71. The molecule has 1 aliphatic heterocycles. The molecule has 1 aliphatic rings. The highest BCUT2D eigenvalue weighted by Crippen LogP contribution is 2.25. The second-order valence-corrected chi connectivity index (χ2v) is 5.96. The Bertz CT molecular complexity index is 734. The van der Waals surface area contributed by atoms with E-state index >= 15 is 0 Å². The largest absolute Gasteiger partial charge is 0.451 e. The van der Waals surface area contributed by atoms with Gasteiger partial charge in [-0.1, -0.05) is 0 Å². The highest BCUT2D eigenvalue weighted by molar-refractivity contribution is 6.03. The Hall–Kier alpha value is -2.49. The highest BCUT2D eigenvalue weighted by atomic mass is 19.4. The van der Waals surface area contributed by atoms with Crippen molar-refractivity contribution in [2.24, 2.45) is 0 Å². The van der Waals surface area contributed by atoms with Crippen LogP contribution in [-0.2, 0) is 6.18 Å². The zero-order valence-corrected chi connectivity index (χ0v) is 13.5. The molecule has 0 aliphatic carbocycles. The maximum Gasteiger partial charge on any atom is 0.451 e. The summed E-state index contributed by atoms with van der Waals surface area (Å²) in [6, 6.07) is 1.93. The van der Waals surface area contributed by atoms with E-state index in [1.54, 1.807) is 12.3 Å². The van der Waals surface area contributed by atoms with E-state index in [1.807, 2.05) is 4.68 Å². The zero-order chi connectivity index (χ0) is 18.0. The third-order valence-electron chi connectivity index (χ3n) is 4.08. The van der Waals surface area contributed by atoms with Crippen molar-refractivity contribution in [3.05, 3.63) is 36.0 Å². The van der Waals surface area contributed by atoms with Gasteiger partial charge in [0.1, 0.15) is 0 Å². The monoisotopic (exact) mass is 354 g/mol. The fourth-order valence-corrected chi connectivity index (χ4v) is 2.65. The Labute approximate surface area is 141 Å². The van der Waals surface area contributed by atoms with Gasteiger partial charge in [-0.25, -0.2) is 9.97 Å². The minimum atomic E-state index is -4.64. The molecule has 0 unspecified atom stereocenters. The number of hydrogen-bond donors (Lipinski definition) is 1. The molecule has 0 saturated carbocycles. The molecule has 0 aromatic carbocycles. The normalized spacial score (nSPS) is 16.8. The van der Waals surface area contributed by atoms with Crippen LogP contribution in [0.1, 0.15) is 35.1 Å². The number of alkyl halides is 3. The summed E-state index contributed by atoms with van der Waals surface area (Å²) in [5.41, 5.74) is -0.0677. The smallest absolute Gasteiger partial charge is 0.306 e. The summed E-state index contributed by atoms with van der Waals surface area (Å²) in [5.74, 6) is -1.55. The number of hydrogen-bond acceptors (Lipinski definition) is 5. The Morgan fingerprint density at radius 2 is 1.88 bits per heavy atom. The number of carbonyl (C=O) groups is 1. The van der Waals surface area contributed by atoms with Crippen molar-refractivity contribution >= 4 is 11.7 Å².